The number of hydrogen-bond acceptors (Lipinski definition) is 1. The van der Waals surface area contributed by atoms with E-state index in [1.54, 1.807) is 0 Å². The normalized spacial score (nSPS) is 6.61. The first-order valence-corrected chi connectivity index (χ1v) is 8.34. The Morgan fingerprint density at radius 3 is 0.957 bits per heavy atom. The smallest absolute Gasteiger partial charge is 0.300 e. The first-order chi connectivity index (χ1) is 11.1. The van der Waals surface area contributed by atoms with E-state index >= 15 is 0 Å². The fourth-order valence-electron chi connectivity index (χ4n) is 0.919. The van der Waals surface area contributed by atoms with Crippen molar-refractivity contribution in [3.05, 3.63) is 72.3 Å². The summed E-state index contributed by atoms with van der Waals surface area (Å²) in [6.45, 7) is 15.2. The predicted octanol–water partition coefficient (Wildman–Crippen LogP) is 6.85. The van der Waals surface area contributed by atoms with Gasteiger partial charge in [-0.25, -0.2) is 0 Å². The van der Waals surface area contributed by atoms with Gasteiger partial charge in [0.1, 0.15) is 0 Å². The highest BCUT2D eigenvalue weighted by molar-refractivity contribution is 5.62. The molecule has 0 heterocycles. The van der Waals surface area contributed by atoms with E-state index in [1.165, 1.54) is 5.56 Å². The lowest BCUT2D eigenvalue weighted by molar-refractivity contribution is -0.134. The third-order valence-corrected chi connectivity index (χ3v) is 1.61. The van der Waals surface area contributed by atoms with Gasteiger partial charge in [0.2, 0.25) is 0 Å². The van der Waals surface area contributed by atoms with Crippen molar-refractivity contribution in [1.82, 2.24) is 0 Å². The number of hydrogen-bond donors (Lipinski definition) is 1. The number of carboxylic acids is 1. The molecule has 0 atom stereocenters. The Morgan fingerprint density at radius 2 is 0.826 bits per heavy atom. The topological polar surface area (TPSA) is 37.3 Å². The van der Waals surface area contributed by atoms with Crippen LogP contribution in [0.15, 0.2) is 66.7 Å². The molecule has 0 unspecified atom stereocenters. The van der Waals surface area contributed by atoms with Crippen LogP contribution in [0.25, 0.3) is 0 Å². The van der Waals surface area contributed by atoms with Gasteiger partial charge in [0, 0.05) is 6.92 Å². The lowest BCUT2D eigenvalue weighted by Gasteiger charge is -1.82. The number of carbonyl (C=O) groups is 1. The van der Waals surface area contributed by atoms with Crippen LogP contribution in [0.4, 0.5) is 0 Å². The van der Waals surface area contributed by atoms with Crippen LogP contribution in [-0.4, -0.2) is 11.1 Å². The summed E-state index contributed by atoms with van der Waals surface area (Å²) in [4.78, 5) is 9.00. The van der Waals surface area contributed by atoms with Gasteiger partial charge < -0.3 is 5.11 Å². The van der Waals surface area contributed by atoms with Gasteiger partial charge in [-0.3, -0.25) is 4.79 Å². The van der Waals surface area contributed by atoms with Crippen LogP contribution in [0, 0.1) is 6.92 Å². The number of carboxylic acid groups (broad SMARTS) is 1. The molecule has 0 amide bonds. The van der Waals surface area contributed by atoms with E-state index in [0.717, 1.165) is 6.92 Å². The van der Waals surface area contributed by atoms with Crippen LogP contribution in [0.5, 0.6) is 0 Å². The Morgan fingerprint density at radius 1 is 0.652 bits per heavy atom. The summed E-state index contributed by atoms with van der Waals surface area (Å²) >= 11 is 0. The average molecular weight is 321 g/mol. The molecule has 2 heteroatoms. The predicted molar refractivity (Wildman–Crippen MR) is 105 cm³/mol. The summed E-state index contributed by atoms with van der Waals surface area (Å²) in [6.07, 6.45) is 0. The molecule has 0 aliphatic heterocycles. The van der Waals surface area contributed by atoms with Crippen LogP contribution < -0.4 is 0 Å². The minimum Gasteiger partial charge on any atom is -0.481 e. The maximum absolute atomic E-state index is 9.00. The highest BCUT2D eigenvalue weighted by atomic mass is 16.4. The summed E-state index contributed by atoms with van der Waals surface area (Å²) in [6, 6.07) is 22.3. The van der Waals surface area contributed by atoms with Gasteiger partial charge in [-0.2, -0.15) is 0 Å². The molecule has 0 bridgehead atoms. The van der Waals surface area contributed by atoms with Crippen molar-refractivity contribution in [2.45, 2.75) is 55.4 Å². The van der Waals surface area contributed by atoms with Crippen LogP contribution >= 0.6 is 0 Å². The highest BCUT2D eigenvalue weighted by Crippen LogP contribution is 1.92. The van der Waals surface area contributed by atoms with E-state index in [9.17, 15) is 0 Å². The van der Waals surface area contributed by atoms with E-state index in [-0.39, 0.29) is 0 Å². The summed E-state index contributed by atoms with van der Waals surface area (Å²) in [5, 5.41) is 7.42. The molecular formula is C21H36O2. The van der Waals surface area contributed by atoms with E-state index in [4.69, 9.17) is 9.90 Å². The maximum Gasteiger partial charge on any atom is 0.300 e. The quantitative estimate of drug-likeness (QED) is 0.576. The minimum absolute atomic E-state index is 0.833. The maximum atomic E-state index is 9.00. The van der Waals surface area contributed by atoms with E-state index < -0.39 is 5.97 Å². The van der Waals surface area contributed by atoms with Crippen LogP contribution in [-0.2, 0) is 4.79 Å². The van der Waals surface area contributed by atoms with Crippen LogP contribution in [0.2, 0.25) is 0 Å². The minimum atomic E-state index is -0.833. The first kappa shape index (κ1) is 29.0. The van der Waals surface area contributed by atoms with Gasteiger partial charge in [0.15, 0.2) is 0 Å². The zero-order valence-electron chi connectivity index (χ0n) is 16.2. The van der Waals surface area contributed by atoms with E-state index in [2.05, 4.69) is 19.1 Å². The summed E-state index contributed by atoms with van der Waals surface area (Å²) in [5.41, 5.74) is 1.32. The lowest BCUT2D eigenvalue weighted by Crippen LogP contribution is -1.78. The van der Waals surface area contributed by atoms with Gasteiger partial charge in [-0.05, 0) is 6.92 Å². The van der Waals surface area contributed by atoms with Gasteiger partial charge in [0.25, 0.3) is 5.97 Å². The molecule has 0 saturated heterocycles. The first-order valence-electron chi connectivity index (χ1n) is 8.34. The fourth-order valence-corrected chi connectivity index (χ4v) is 0.919. The van der Waals surface area contributed by atoms with Crippen molar-refractivity contribution in [3.8, 4) is 0 Å². The third-order valence-electron chi connectivity index (χ3n) is 1.61. The molecule has 0 radical (unpaired) electrons. The molecule has 1 N–H and O–H groups in total. The Kier molecular flexibility index (Phi) is 40.4. The van der Waals surface area contributed by atoms with E-state index in [0.29, 0.717) is 0 Å². The van der Waals surface area contributed by atoms with Crippen molar-refractivity contribution < 1.29 is 9.90 Å². The largest absolute Gasteiger partial charge is 0.481 e. The molecule has 0 saturated carbocycles. The molecule has 0 spiro atoms. The standard InChI is InChI=1S/C7H8.C6H6.C2H4O2.3C2H6/c1-7-5-3-2-4-6-7;1-2-4-6-5-3-1;1-2(3)4;3*1-2/h2-6H,1H3;1-6H;1H3,(H,3,4);3*1-2H3. The number of aryl methyl sites for hydroxylation is 1. The second kappa shape index (κ2) is 32.0. The van der Waals surface area contributed by atoms with Crippen molar-refractivity contribution in [3.63, 3.8) is 0 Å². The van der Waals surface area contributed by atoms with Crippen molar-refractivity contribution in [2.75, 3.05) is 0 Å². The highest BCUT2D eigenvalue weighted by Gasteiger charge is 1.72. The SMILES string of the molecule is CC.CC.CC.CC(=O)O.Cc1ccccc1.c1ccccc1. The summed E-state index contributed by atoms with van der Waals surface area (Å²) in [5.74, 6) is -0.833. The molecular weight excluding hydrogens is 284 g/mol. The molecule has 0 aromatic heterocycles. The van der Waals surface area contributed by atoms with E-state index in [1.807, 2.05) is 96.1 Å². The number of aliphatic carboxylic acids is 1. The van der Waals surface area contributed by atoms with Gasteiger partial charge in [-0.15, -0.1) is 0 Å². The Bertz CT molecular complexity index is 352. The fraction of sp³-hybridized carbons (Fsp3) is 0.381. The van der Waals surface area contributed by atoms with Crippen molar-refractivity contribution >= 4 is 5.97 Å². The monoisotopic (exact) mass is 320 g/mol. The van der Waals surface area contributed by atoms with Crippen LogP contribution in [0.1, 0.15) is 54.0 Å². The Labute approximate surface area is 144 Å². The second-order valence-electron chi connectivity index (χ2n) is 3.33. The number of benzene rings is 2. The average Bonchev–Trinajstić information content (AvgIpc) is 2.62. The van der Waals surface area contributed by atoms with Gasteiger partial charge >= 0.3 is 0 Å². The molecule has 0 fully saturated rings. The molecule has 0 aliphatic rings. The number of rotatable bonds is 0. The third kappa shape index (κ3) is 45.0. The van der Waals surface area contributed by atoms with Crippen LogP contribution in [0.3, 0.4) is 0 Å². The van der Waals surface area contributed by atoms with Gasteiger partial charge in [0.05, 0.1) is 0 Å². The summed E-state index contributed by atoms with van der Waals surface area (Å²) in [7, 11) is 0. The molecule has 132 valence electrons. The Balaban J connectivity index is -0.000000104. The lowest BCUT2D eigenvalue weighted by atomic mass is 10.2. The zero-order valence-corrected chi connectivity index (χ0v) is 16.2. The molecule has 2 nitrogen and oxygen atoms in total. The Hall–Kier alpha value is -2.09. The van der Waals surface area contributed by atoms with Crippen molar-refractivity contribution in [2.24, 2.45) is 0 Å². The summed E-state index contributed by atoms with van der Waals surface area (Å²) < 4.78 is 0. The molecule has 2 aromatic rings. The van der Waals surface area contributed by atoms with Gasteiger partial charge in [-0.1, -0.05) is 114 Å². The molecule has 2 rings (SSSR count). The molecule has 23 heavy (non-hydrogen) atoms. The second-order valence-corrected chi connectivity index (χ2v) is 3.33. The molecule has 2 aromatic carbocycles. The molecule has 0 aliphatic carbocycles. The zero-order chi connectivity index (χ0) is 18.9. The van der Waals surface area contributed by atoms with Crippen molar-refractivity contribution in [1.29, 1.82) is 0 Å².